The minimum atomic E-state index is -0.467. The number of ketones is 1. The molecule has 4 nitrogen and oxygen atoms in total. The Bertz CT molecular complexity index is 594. The van der Waals surface area contributed by atoms with Crippen molar-refractivity contribution in [2.45, 2.75) is 64.9 Å². The summed E-state index contributed by atoms with van der Waals surface area (Å²) in [5.74, 6) is 1.08. The first-order chi connectivity index (χ1) is 10.9. The number of fused-ring (bicyclic) bond motifs is 5. The van der Waals surface area contributed by atoms with Gasteiger partial charge in [-0.3, -0.25) is 9.59 Å². The van der Waals surface area contributed by atoms with Gasteiger partial charge in [0.2, 0.25) is 0 Å². The van der Waals surface area contributed by atoms with Crippen LogP contribution in [0.3, 0.4) is 0 Å². The maximum absolute atomic E-state index is 12.4. The van der Waals surface area contributed by atoms with Crippen molar-refractivity contribution in [2.24, 2.45) is 28.6 Å². The number of aliphatic hydroxyl groups is 1. The largest absolute Gasteiger partial charge is 0.435 e. The molecule has 0 saturated heterocycles. The van der Waals surface area contributed by atoms with Crippen LogP contribution in [-0.2, 0) is 14.3 Å². The summed E-state index contributed by atoms with van der Waals surface area (Å²) >= 11 is 0. The molecule has 4 aliphatic rings. The third-order valence-corrected chi connectivity index (χ3v) is 7.56. The lowest BCUT2D eigenvalue weighted by Gasteiger charge is -2.57. The molecule has 0 amide bonds. The monoisotopic (exact) mass is 318 g/mol. The van der Waals surface area contributed by atoms with E-state index in [1.807, 2.05) is 0 Å². The fourth-order valence-electron chi connectivity index (χ4n) is 6.32. The van der Waals surface area contributed by atoms with Crippen molar-refractivity contribution in [2.75, 3.05) is 0 Å². The average Bonchev–Trinajstić information content (AvgIpc) is 2.69. The van der Waals surface area contributed by atoms with E-state index in [0.717, 1.165) is 25.7 Å². The van der Waals surface area contributed by atoms with Crippen LogP contribution in [0.2, 0.25) is 0 Å². The maximum atomic E-state index is 12.4. The summed E-state index contributed by atoms with van der Waals surface area (Å²) < 4.78 is 5.24. The van der Waals surface area contributed by atoms with E-state index in [-0.39, 0.29) is 22.7 Å². The summed E-state index contributed by atoms with van der Waals surface area (Å²) in [5.41, 5.74) is 0.660. The zero-order valence-electron chi connectivity index (χ0n) is 14.0. The summed E-state index contributed by atoms with van der Waals surface area (Å²) in [6.45, 7) is 4.26. The van der Waals surface area contributed by atoms with Crippen molar-refractivity contribution in [3.63, 3.8) is 0 Å². The maximum Gasteiger partial charge on any atom is 0.310 e. The molecule has 0 spiro atoms. The first-order valence-electron chi connectivity index (χ1n) is 8.96. The molecule has 0 bridgehead atoms. The van der Waals surface area contributed by atoms with Crippen molar-refractivity contribution >= 4 is 11.8 Å². The molecule has 6 atom stereocenters. The van der Waals surface area contributed by atoms with Crippen LogP contribution < -0.4 is 0 Å². The third-order valence-electron chi connectivity index (χ3n) is 7.56. The number of hydrogen-bond acceptors (Lipinski definition) is 4. The summed E-state index contributed by atoms with van der Waals surface area (Å²) in [4.78, 5) is 24.1. The van der Waals surface area contributed by atoms with Crippen LogP contribution in [0.1, 0.15) is 58.8 Å². The lowest BCUT2D eigenvalue weighted by atomic mass is 9.47. The van der Waals surface area contributed by atoms with Crippen molar-refractivity contribution in [3.05, 3.63) is 11.8 Å². The fourth-order valence-corrected chi connectivity index (χ4v) is 6.32. The van der Waals surface area contributed by atoms with Crippen molar-refractivity contribution in [1.82, 2.24) is 0 Å². The lowest BCUT2D eigenvalue weighted by molar-refractivity contribution is -0.146. The molecule has 1 aliphatic heterocycles. The Kier molecular flexibility index (Phi) is 3.29. The Hall–Kier alpha value is -1.16. The second-order valence-electron chi connectivity index (χ2n) is 8.54. The van der Waals surface area contributed by atoms with Gasteiger partial charge in [0.1, 0.15) is 5.78 Å². The number of aliphatic hydroxyl groups excluding tert-OH is 1. The Morgan fingerprint density at radius 3 is 2.70 bits per heavy atom. The highest BCUT2D eigenvalue weighted by molar-refractivity contribution is 5.87. The van der Waals surface area contributed by atoms with E-state index in [2.05, 4.69) is 13.8 Å². The van der Waals surface area contributed by atoms with Gasteiger partial charge in [0.25, 0.3) is 0 Å². The van der Waals surface area contributed by atoms with Crippen LogP contribution in [0.5, 0.6) is 0 Å². The molecule has 0 aromatic rings. The number of rotatable bonds is 0. The van der Waals surface area contributed by atoms with Gasteiger partial charge in [-0.15, -0.1) is 0 Å². The molecular weight excluding hydrogens is 292 g/mol. The quantitative estimate of drug-likeness (QED) is 0.697. The number of carbonyl (C=O) groups is 2. The Morgan fingerprint density at radius 2 is 1.91 bits per heavy atom. The van der Waals surface area contributed by atoms with Crippen molar-refractivity contribution < 1.29 is 19.4 Å². The fraction of sp³-hybridized carbons (Fsp3) is 0.789. The number of Topliss-reactive ketones (excluding diaryl/α,β-unsaturated/α-hetero) is 1. The van der Waals surface area contributed by atoms with Gasteiger partial charge < -0.3 is 9.84 Å². The summed E-state index contributed by atoms with van der Waals surface area (Å²) in [5, 5.41) is 11.0. The molecule has 4 rings (SSSR count). The topological polar surface area (TPSA) is 63.6 Å². The van der Waals surface area contributed by atoms with Crippen LogP contribution in [0.15, 0.2) is 11.8 Å². The minimum absolute atomic E-state index is 0.140. The molecule has 0 radical (unpaired) electrons. The van der Waals surface area contributed by atoms with Crippen LogP contribution in [0, 0.1) is 28.6 Å². The third kappa shape index (κ3) is 2.00. The zero-order chi connectivity index (χ0) is 16.4. The van der Waals surface area contributed by atoms with Gasteiger partial charge >= 0.3 is 5.97 Å². The number of hydrogen-bond donors (Lipinski definition) is 1. The molecule has 0 aromatic carbocycles. The van der Waals surface area contributed by atoms with Gasteiger partial charge in [0.15, 0.2) is 0 Å². The molecule has 0 aromatic heterocycles. The number of cyclic esters (lactones) is 1. The highest BCUT2D eigenvalue weighted by Crippen LogP contribution is 2.64. The van der Waals surface area contributed by atoms with Crippen molar-refractivity contribution in [1.29, 1.82) is 0 Å². The second kappa shape index (κ2) is 4.92. The van der Waals surface area contributed by atoms with E-state index in [0.29, 0.717) is 36.9 Å². The van der Waals surface area contributed by atoms with Gasteiger partial charge in [0, 0.05) is 18.3 Å². The van der Waals surface area contributed by atoms with Gasteiger partial charge in [-0.25, -0.2) is 0 Å². The number of allylic oxidation sites excluding steroid dienone is 1. The lowest BCUT2D eigenvalue weighted by Crippen LogP contribution is -2.56. The summed E-state index contributed by atoms with van der Waals surface area (Å²) in [7, 11) is 0. The molecule has 0 unspecified atom stereocenters. The highest BCUT2D eigenvalue weighted by Gasteiger charge is 2.61. The average molecular weight is 318 g/mol. The Balaban J connectivity index is 1.74. The molecule has 1 N–H and O–H groups in total. The van der Waals surface area contributed by atoms with E-state index in [4.69, 9.17) is 4.74 Å². The molecule has 23 heavy (non-hydrogen) atoms. The molecule has 3 aliphatic carbocycles. The van der Waals surface area contributed by atoms with Crippen LogP contribution in [0.4, 0.5) is 0 Å². The molecule has 4 heteroatoms. The first-order valence-corrected chi connectivity index (χ1v) is 8.96. The normalized spacial score (nSPS) is 49.4. The van der Waals surface area contributed by atoms with E-state index < -0.39 is 6.10 Å². The number of ether oxygens (including phenoxy) is 1. The van der Waals surface area contributed by atoms with E-state index in [1.54, 1.807) is 6.26 Å². The first kappa shape index (κ1) is 15.4. The van der Waals surface area contributed by atoms with Gasteiger partial charge in [-0.2, -0.15) is 0 Å². The van der Waals surface area contributed by atoms with Crippen LogP contribution >= 0.6 is 0 Å². The van der Waals surface area contributed by atoms with E-state index >= 15 is 0 Å². The SMILES string of the molecule is C[C@]12CCC(=O)OC=C1CC[C@@H]1[C@@H]2[C@@H](O)C[C@]2(C)C(=O)CC[C@@H]12. The number of carbonyl (C=O) groups excluding carboxylic acids is 2. The van der Waals surface area contributed by atoms with E-state index in [1.165, 1.54) is 5.57 Å². The van der Waals surface area contributed by atoms with Crippen LogP contribution in [0.25, 0.3) is 0 Å². The summed E-state index contributed by atoms with van der Waals surface area (Å²) in [6, 6.07) is 0. The second-order valence-corrected chi connectivity index (χ2v) is 8.54. The summed E-state index contributed by atoms with van der Waals surface area (Å²) in [6.07, 6.45) is 6.46. The molecule has 1 heterocycles. The predicted octanol–water partition coefficient (Wildman–Crippen LogP) is 2.99. The molecule has 3 fully saturated rings. The standard InChI is InChI=1S/C19H26O4/c1-18-8-7-16(22)23-10-11(18)3-4-12-13-5-6-15(21)19(13,2)9-14(20)17(12)18/h10,12-14,17,20H,3-9H2,1-2H3/t12-,13-,14-,17+,18-,19-/m0/s1. The Labute approximate surface area is 137 Å². The smallest absolute Gasteiger partial charge is 0.310 e. The van der Waals surface area contributed by atoms with Crippen LogP contribution in [-0.4, -0.2) is 23.0 Å². The van der Waals surface area contributed by atoms with Crippen molar-refractivity contribution in [3.8, 4) is 0 Å². The zero-order valence-corrected chi connectivity index (χ0v) is 14.0. The van der Waals surface area contributed by atoms with Gasteiger partial charge in [-0.1, -0.05) is 13.8 Å². The molecule has 126 valence electrons. The van der Waals surface area contributed by atoms with E-state index in [9.17, 15) is 14.7 Å². The molecular formula is C19H26O4. The molecule has 3 saturated carbocycles. The minimum Gasteiger partial charge on any atom is -0.435 e. The van der Waals surface area contributed by atoms with Gasteiger partial charge in [-0.05, 0) is 60.8 Å². The highest BCUT2D eigenvalue weighted by atomic mass is 16.5. The Morgan fingerprint density at radius 1 is 1.13 bits per heavy atom. The van der Waals surface area contributed by atoms with Gasteiger partial charge in [0.05, 0.1) is 12.4 Å². The predicted molar refractivity (Wildman–Crippen MR) is 84.2 cm³/mol. The number of esters is 1.